The molecule has 1 aromatic carbocycles. The Hall–Kier alpha value is -2.08. The maximum atomic E-state index is 13.1. The Morgan fingerprint density at radius 2 is 1.90 bits per heavy atom. The number of carbonyl (C=O) groups is 2. The van der Waals surface area contributed by atoms with Crippen LogP contribution in [0.1, 0.15) is 71.8 Å². The van der Waals surface area contributed by atoms with Crippen LogP contribution in [0.5, 0.6) is 0 Å². The van der Waals surface area contributed by atoms with Crippen LogP contribution in [0.4, 0.5) is 4.79 Å². The number of hydrogen-bond acceptors (Lipinski definition) is 4. The van der Waals surface area contributed by atoms with Gasteiger partial charge in [0.05, 0.1) is 0 Å². The second-order valence-corrected chi connectivity index (χ2v) is 10.1. The summed E-state index contributed by atoms with van der Waals surface area (Å²) in [6.07, 6.45) is 5.60. The smallest absolute Gasteiger partial charge is 0.408 e. The van der Waals surface area contributed by atoms with Gasteiger partial charge in [-0.15, -0.1) is 0 Å². The minimum absolute atomic E-state index is 0.0463. The Labute approximate surface area is 187 Å². The summed E-state index contributed by atoms with van der Waals surface area (Å²) >= 11 is 0. The summed E-state index contributed by atoms with van der Waals surface area (Å²) < 4.78 is 5.31. The van der Waals surface area contributed by atoms with E-state index < -0.39 is 12.1 Å². The first-order valence-corrected chi connectivity index (χ1v) is 11.8. The fourth-order valence-electron chi connectivity index (χ4n) is 5.16. The van der Waals surface area contributed by atoms with Crippen LogP contribution in [0.2, 0.25) is 0 Å². The van der Waals surface area contributed by atoms with E-state index in [9.17, 15) is 9.59 Å². The van der Waals surface area contributed by atoms with Crippen molar-refractivity contribution in [3.8, 4) is 0 Å². The zero-order chi connectivity index (χ0) is 22.4. The maximum Gasteiger partial charge on any atom is 0.408 e. The van der Waals surface area contributed by atoms with Gasteiger partial charge in [-0.05, 0) is 64.4 Å². The topological polar surface area (TPSA) is 70.7 Å². The molecule has 31 heavy (non-hydrogen) atoms. The van der Waals surface area contributed by atoms with Gasteiger partial charge in [0.25, 0.3) is 0 Å². The zero-order valence-corrected chi connectivity index (χ0v) is 19.5. The average Bonchev–Trinajstić information content (AvgIpc) is 3.07. The van der Waals surface area contributed by atoms with Crippen LogP contribution in [0.25, 0.3) is 0 Å². The van der Waals surface area contributed by atoms with E-state index in [1.807, 2.05) is 35.2 Å². The molecule has 1 heterocycles. The lowest BCUT2D eigenvalue weighted by Crippen LogP contribution is -2.53. The summed E-state index contributed by atoms with van der Waals surface area (Å²) in [5.41, 5.74) is 1.03. The molecule has 1 unspecified atom stereocenters. The lowest BCUT2D eigenvalue weighted by Gasteiger charge is -2.43. The summed E-state index contributed by atoms with van der Waals surface area (Å²) in [4.78, 5) is 27.4. The molecule has 1 saturated carbocycles. The number of benzene rings is 1. The third-order valence-corrected chi connectivity index (χ3v) is 6.38. The van der Waals surface area contributed by atoms with Crippen LogP contribution in [-0.4, -0.2) is 47.1 Å². The summed E-state index contributed by atoms with van der Waals surface area (Å²) in [6, 6.07) is 9.87. The number of nitrogens with one attached hydrogen (secondary N) is 2. The standard InChI is InChI=1S/C25H39N3O3/c1-5-9-19-16-20(27-25(2,3)4)12-13-22(19)28-15-14-21(23(28)29)26-24(30)31-17-18-10-7-6-8-11-18/h6-8,10-11,19-22,27H,5,9,12-17H2,1-4H3,(H,26,30)/t19-,20?,21+,22+/m1/s1. The monoisotopic (exact) mass is 429 g/mol. The Morgan fingerprint density at radius 1 is 1.16 bits per heavy atom. The van der Waals surface area contributed by atoms with E-state index in [0.717, 1.165) is 37.7 Å². The van der Waals surface area contributed by atoms with E-state index in [4.69, 9.17) is 4.74 Å². The first kappa shape index (κ1) is 23.6. The second kappa shape index (κ2) is 10.5. The number of hydrogen-bond donors (Lipinski definition) is 2. The molecule has 1 saturated heterocycles. The molecule has 1 aromatic rings. The molecule has 2 N–H and O–H groups in total. The van der Waals surface area contributed by atoms with Gasteiger partial charge in [-0.2, -0.15) is 0 Å². The van der Waals surface area contributed by atoms with Crippen LogP contribution in [0.15, 0.2) is 30.3 Å². The second-order valence-electron chi connectivity index (χ2n) is 10.1. The first-order chi connectivity index (χ1) is 14.8. The summed E-state index contributed by atoms with van der Waals surface area (Å²) in [6.45, 7) is 9.78. The summed E-state index contributed by atoms with van der Waals surface area (Å²) in [5, 5.41) is 6.54. The highest BCUT2D eigenvalue weighted by molar-refractivity contribution is 5.87. The lowest BCUT2D eigenvalue weighted by molar-refractivity contribution is -0.133. The first-order valence-electron chi connectivity index (χ1n) is 11.8. The van der Waals surface area contributed by atoms with Crippen molar-refractivity contribution in [3.05, 3.63) is 35.9 Å². The van der Waals surface area contributed by atoms with E-state index in [1.54, 1.807) is 0 Å². The average molecular weight is 430 g/mol. The number of amides is 2. The van der Waals surface area contributed by atoms with Gasteiger partial charge >= 0.3 is 6.09 Å². The van der Waals surface area contributed by atoms with Crippen LogP contribution >= 0.6 is 0 Å². The largest absolute Gasteiger partial charge is 0.445 e. The molecule has 2 fully saturated rings. The van der Waals surface area contributed by atoms with E-state index in [2.05, 4.69) is 38.3 Å². The van der Waals surface area contributed by atoms with Crippen LogP contribution in [-0.2, 0) is 16.1 Å². The van der Waals surface area contributed by atoms with E-state index in [1.165, 1.54) is 0 Å². The molecule has 1 aliphatic carbocycles. The fourth-order valence-corrected chi connectivity index (χ4v) is 5.16. The highest BCUT2D eigenvalue weighted by atomic mass is 16.5. The van der Waals surface area contributed by atoms with Crippen molar-refractivity contribution in [2.24, 2.45) is 5.92 Å². The zero-order valence-electron chi connectivity index (χ0n) is 19.5. The van der Waals surface area contributed by atoms with Crippen LogP contribution in [0, 0.1) is 5.92 Å². The molecular weight excluding hydrogens is 390 g/mol. The normalized spacial score (nSPS) is 26.7. The molecule has 0 bridgehead atoms. The predicted molar refractivity (Wildman–Crippen MR) is 123 cm³/mol. The maximum absolute atomic E-state index is 13.1. The molecule has 6 nitrogen and oxygen atoms in total. The molecule has 6 heteroatoms. The Morgan fingerprint density at radius 3 is 2.58 bits per heavy atom. The van der Waals surface area contributed by atoms with E-state index >= 15 is 0 Å². The number of nitrogens with zero attached hydrogens (tertiary/aromatic N) is 1. The molecule has 2 aliphatic rings. The molecule has 0 spiro atoms. The predicted octanol–water partition coefficient (Wildman–Crippen LogP) is 4.24. The van der Waals surface area contributed by atoms with E-state index in [0.29, 0.717) is 24.9 Å². The number of carbonyl (C=O) groups excluding carboxylic acids is 2. The van der Waals surface area contributed by atoms with Crippen LogP contribution < -0.4 is 10.6 Å². The SMILES string of the molecule is CCC[C@@H]1CC(NC(C)(C)C)CC[C@@H]1N1CC[C@H](NC(=O)OCc2ccccc2)C1=O. The molecular formula is C25H39N3O3. The molecule has 3 rings (SSSR count). The highest BCUT2D eigenvalue weighted by Gasteiger charge is 2.42. The number of alkyl carbamates (subject to hydrolysis) is 1. The molecule has 0 radical (unpaired) electrons. The third-order valence-electron chi connectivity index (χ3n) is 6.38. The van der Waals surface area contributed by atoms with Crippen molar-refractivity contribution in [1.29, 1.82) is 0 Å². The van der Waals surface area contributed by atoms with Gasteiger partial charge in [-0.1, -0.05) is 43.7 Å². The minimum Gasteiger partial charge on any atom is -0.445 e. The van der Waals surface area contributed by atoms with Crippen molar-refractivity contribution in [3.63, 3.8) is 0 Å². The van der Waals surface area contributed by atoms with Gasteiger partial charge < -0.3 is 20.3 Å². The fraction of sp³-hybridized carbons (Fsp3) is 0.680. The Bertz CT molecular complexity index is 731. The summed E-state index contributed by atoms with van der Waals surface area (Å²) in [7, 11) is 0. The molecule has 4 atom stereocenters. The lowest BCUT2D eigenvalue weighted by atomic mass is 9.78. The molecule has 0 aromatic heterocycles. The molecule has 2 amide bonds. The number of rotatable bonds is 7. The Kier molecular flexibility index (Phi) is 7.98. The van der Waals surface area contributed by atoms with Gasteiger partial charge in [0.15, 0.2) is 0 Å². The van der Waals surface area contributed by atoms with Crippen molar-refractivity contribution < 1.29 is 14.3 Å². The third kappa shape index (κ3) is 6.70. The van der Waals surface area contributed by atoms with Crippen molar-refractivity contribution in [1.82, 2.24) is 15.5 Å². The molecule has 1 aliphatic heterocycles. The Balaban J connectivity index is 1.53. The van der Waals surface area contributed by atoms with Gasteiger partial charge in [-0.25, -0.2) is 4.79 Å². The van der Waals surface area contributed by atoms with E-state index in [-0.39, 0.29) is 24.1 Å². The van der Waals surface area contributed by atoms with Gasteiger partial charge in [0, 0.05) is 24.2 Å². The quantitative estimate of drug-likeness (QED) is 0.680. The number of likely N-dealkylation sites (tertiary alicyclic amines) is 1. The van der Waals surface area contributed by atoms with Gasteiger partial charge in [-0.3, -0.25) is 4.79 Å². The van der Waals surface area contributed by atoms with Crippen LogP contribution in [0.3, 0.4) is 0 Å². The van der Waals surface area contributed by atoms with Crippen molar-refractivity contribution in [2.75, 3.05) is 6.54 Å². The summed E-state index contributed by atoms with van der Waals surface area (Å²) in [5.74, 6) is 0.552. The highest BCUT2D eigenvalue weighted by Crippen LogP contribution is 2.34. The number of ether oxygens (including phenoxy) is 1. The van der Waals surface area contributed by atoms with Crippen molar-refractivity contribution >= 4 is 12.0 Å². The minimum atomic E-state index is -0.521. The molecule has 172 valence electrons. The van der Waals surface area contributed by atoms with Gasteiger partial charge in [0.1, 0.15) is 12.6 Å². The van der Waals surface area contributed by atoms with Crippen molar-refractivity contribution in [2.45, 2.75) is 96.5 Å². The van der Waals surface area contributed by atoms with Gasteiger partial charge in [0.2, 0.25) is 5.91 Å².